The standard InChI is InChI=1S/C14H27ClNO/c1-3-5-6-7-13(17-10-4-2)12-8-9-16-14(15)11-12/h9,12-14,16H,3-8,10-11H2,1-2H3. The van der Waals surface area contributed by atoms with E-state index in [1.165, 1.54) is 25.7 Å². The van der Waals surface area contributed by atoms with Crippen LogP contribution in [0.25, 0.3) is 0 Å². The Morgan fingerprint density at radius 1 is 1.35 bits per heavy atom. The van der Waals surface area contributed by atoms with E-state index < -0.39 is 0 Å². The molecule has 1 N–H and O–H groups in total. The molecule has 1 fully saturated rings. The summed E-state index contributed by atoms with van der Waals surface area (Å²) in [5.41, 5.74) is 0.0904. The number of ether oxygens (including phenoxy) is 1. The summed E-state index contributed by atoms with van der Waals surface area (Å²) in [4.78, 5) is 0. The third kappa shape index (κ3) is 6.08. The fourth-order valence-electron chi connectivity index (χ4n) is 2.40. The summed E-state index contributed by atoms with van der Waals surface area (Å²) in [5.74, 6) is 0.599. The Hall–Kier alpha value is 0.210. The van der Waals surface area contributed by atoms with E-state index in [-0.39, 0.29) is 5.50 Å². The van der Waals surface area contributed by atoms with Gasteiger partial charge in [0, 0.05) is 13.2 Å². The second kappa shape index (κ2) is 9.18. The van der Waals surface area contributed by atoms with Crippen molar-refractivity contribution < 1.29 is 4.74 Å². The molecule has 0 aromatic heterocycles. The van der Waals surface area contributed by atoms with Gasteiger partial charge >= 0.3 is 0 Å². The Balaban J connectivity index is 2.36. The molecule has 0 saturated carbocycles. The van der Waals surface area contributed by atoms with Gasteiger partial charge in [-0.25, -0.2) is 0 Å². The third-order valence-corrected chi connectivity index (χ3v) is 3.69. The minimum absolute atomic E-state index is 0.0904. The smallest absolute Gasteiger partial charge is 0.0831 e. The van der Waals surface area contributed by atoms with Crippen molar-refractivity contribution in [1.29, 1.82) is 0 Å². The SMILES string of the molecule is CCCCCC(OCCC)C1C[CH]NC(Cl)C1. The molecule has 0 aromatic rings. The second-order valence-electron chi connectivity index (χ2n) is 4.97. The molecule has 3 unspecified atom stereocenters. The molecular weight excluding hydrogens is 234 g/mol. The Morgan fingerprint density at radius 3 is 2.82 bits per heavy atom. The highest BCUT2D eigenvalue weighted by atomic mass is 35.5. The zero-order valence-corrected chi connectivity index (χ0v) is 12.0. The zero-order chi connectivity index (χ0) is 12.5. The highest BCUT2D eigenvalue weighted by molar-refractivity contribution is 6.20. The van der Waals surface area contributed by atoms with E-state index in [4.69, 9.17) is 16.3 Å². The molecule has 2 nitrogen and oxygen atoms in total. The monoisotopic (exact) mass is 260 g/mol. The van der Waals surface area contributed by atoms with Crippen molar-refractivity contribution in [1.82, 2.24) is 5.32 Å². The Bertz CT molecular complexity index is 189. The second-order valence-corrected chi connectivity index (χ2v) is 5.50. The number of hydrogen-bond acceptors (Lipinski definition) is 2. The lowest BCUT2D eigenvalue weighted by atomic mass is 9.89. The number of unbranched alkanes of at least 4 members (excludes halogenated alkanes) is 2. The van der Waals surface area contributed by atoms with Gasteiger partial charge in [0.15, 0.2) is 0 Å². The maximum Gasteiger partial charge on any atom is 0.0831 e. The van der Waals surface area contributed by atoms with E-state index >= 15 is 0 Å². The normalized spacial score (nSPS) is 27.0. The Kier molecular flexibility index (Phi) is 8.25. The minimum Gasteiger partial charge on any atom is -0.378 e. The lowest BCUT2D eigenvalue weighted by molar-refractivity contribution is -0.00235. The Labute approximate surface area is 111 Å². The van der Waals surface area contributed by atoms with Gasteiger partial charge in [0.25, 0.3) is 0 Å². The molecule has 1 aliphatic rings. The molecule has 0 aliphatic carbocycles. The van der Waals surface area contributed by atoms with Crippen LogP contribution in [0.15, 0.2) is 0 Å². The molecule has 1 radical (unpaired) electrons. The summed E-state index contributed by atoms with van der Waals surface area (Å²) in [5, 5.41) is 3.18. The van der Waals surface area contributed by atoms with Crippen LogP contribution in [0.5, 0.6) is 0 Å². The van der Waals surface area contributed by atoms with Gasteiger partial charge in [-0.05, 0) is 31.6 Å². The van der Waals surface area contributed by atoms with Gasteiger partial charge in [0.1, 0.15) is 0 Å². The first-order valence-electron chi connectivity index (χ1n) is 7.11. The predicted octanol–water partition coefficient (Wildman–Crippen LogP) is 4.09. The lowest BCUT2D eigenvalue weighted by Gasteiger charge is -2.33. The van der Waals surface area contributed by atoms with Crippen LogP contribution in [0.4, 0.5) is 0 Å². The topological polar surface area (TPSA) is 21.3 Å². The van der Waals surface area contributed by atoms with Crippen LogP contribution in [0.3, 0.4) is 0 Å². The minimum atomic E-state index is 0.0904. The van der Waals surface area contributed by atoms with Crippen LogP contribution in [0.1, 0.15) is 58.8 Å². The molecule has 1 saturated heterocycles. The van der Waals surface area contributed by atoms with Crippen molar-refractivity contribution in [2.75, 3.05) is 6.61 Å². The van der Waals surface area contributed by atoms with Crippen LogP contribution in [0.2, 0.25) is 0 Å². The zero-order valence-electron chi connectivity index (χ0n) is 11.3. The number of nitrogens with one attached hydrogen (secondary N) is 1. The molecule has 1 heterocycles. The van der Waals surface area contributed by atoms with Crippen LogP contribution < -0.4 is 5.32 Å². The number of piperidine rings is 1. The average Bonchev–Trinajstić information content (AvgIpc) is 2.33. The fraction of sp³-hybridized carbons (Fsp3) is 0.929. The van der Waals surface area contributed by atoms with Crippen LogP contribution in [-0.4, -0.2) is 18.2 Å². The summed E-state index contributed by atoms with van der Waals surface area (Å²) in [6.07, 6.45) is 8.67. The molecule has 3 heteroatoms. The van der Waals surface area contributed by atoms with E-state index in [0.29, 0.717) is 12.0 Å². The average molecular weight is 261 g/mol. The van der Waals surface area contributed by atoms with Crippen molar-refractivity contribution in [3.63, 3.8) is 0 Å². The maximum absolute atomic E-state index is 6.15. The number of alkyl halides is 1. The molecule has 0 amide bonds. The quantitative estimate of drug-likeness (QED) is 0.403. The summed E-state index contributed by atoms with van der Waals surface area (Å²) in [6, 6.07) is 0. The molecule has 1 aliphatic heterocycles. The van der Waals surface area contributed by atoms with Gasteiger partial charge in [-0.3, -0.25) is 5.32 Å². The molecule has 0 spiro atoms. The lowest BCUT2D eigenvalue weighted by Crippen LogP contribution is -2.37. The number of halogens is 1. The molecule has 17 heavy (non-hydrogen) atoms. The first-order valence-corrected chi connectivity index (χ1v) is 7.55. The highest BCUT2D eigenvalue weighted by Crippen LogP contribution is 2.28. The summed E-state index contributed by atoms with van der Waals surface area (Å²) >= 11 is 6.15. The number of rotatable bonds is 8. The van der Waals surface area contributed by atoms with Crippen molar-refractivity contribution >= 4 is 11.6 Å². The predicted molar refractivity (Wildman–Crippen MR) is 74.0 cm³/mol. The van der Waals surface area contributed by atoms with Gasteiger partial charge in [-0.1, -0.05) is 33.1 Å². The summed E-state index contributed by atoms with van der Waals surface area (Å²) in [6.45, 7) is 7.40. The third-order valence-electron chi connectivity index (χ3n) is 3.38. The van der Waals surface area contributed by atoms with Crippen molar-refractivity contribution in [2.45, 2.75) is 70.4 Å². The van der Waals surface area contributed by atoms with Gasteiger partial charge in [-0.2, -0.15) is 0 Å². The van der Waals surface area contributed by atoms with Gasteiger partial charge in [0.05, 0.1) is 11.6 Å². The van der Waals surface area contributed by atoms with E-state index in [2.05, 4.69) is 25.7 Å². The van der Waals surface area contributed by atoms with E-state index in [9.17, 15) is 0 Å². The Morgan fingerprint density at radius 2 is 2.18 bits per heavy atom. The molecule has 1 rings (SSSR count). The largest absolute Gasteiger partial charge is 0.378 e. The van der Waals surface area contributed by atoms with Gasteiger partial charge < -0.3 is 4.74 Å². The molecule has 0 aromatic carbocycles. The van der Waals surface area contributed by atoms with Crippen LogP contribution in [-0.2, 0) is 4.74 Å². The molecular formula is C14H27ClNO. The molecule has 101 valence electrons. The van der Waals surface area contributed by atoms with E-state index in [1.54, 1.807) is 0 Å². The number of hydrogen-bond donors (Lipinski definition) is 1. The van der Waals surface area contributed by atoms with Gasteiger partial charge in [-0.15, -0.1) is 11.6 Å². The van der Waals surface area contributed by atoms with Crippen LogP contribution >= 0.6 is 11.6 Å². The van der Waals surface area contributed by atoms with Crippen molar-refractivity contribution in [2.24, 2.45) is 5.92 Å². The highest BCUT2D eigenvalue weighted by Gasteiger charge is 2.27. The van der Waals surface area contributed by atoms with Crippen molar-refractivity contribution in [3.8, 4) is 0 Å². The van der Waals surface area contributed by atoms with E-state index in [1.807, 2.05) is 0 Å². The van der Waals surface area contributed by atoms with Crippen molar-refractivity contribution in [3.05, 3.63) is 6.54 Å². The van der Waals surface area contributed by atoms with Gasteiger partial charge in [0.2, 0.25) is 0 Å². The molecule has 0 bridgehead atoms. The first-order chi connectivity index (χ1) is 8.27. The first kappa shape index (κ1) is 15.3. The maximum atomic E-state index is 6.15. The van der Waals surface area contributed by atoms with E-state index in [0.717, 1.165) is 25.9 Å². The summed E-state index contributed by atoms with van der Waals surface area (Å²) < 4.78 is 6.02. The fourth-order valence-corrected chi connectivity index (χ4v) is 2.72. The summed E-state index contributed by atoms with van der Waals surface area (Å²) in [7, 11) is 0. The molecule has 3 atom stereocenters. The van der Waals surface area contributed by atoms with Crippen LogP contribution in [0, 0.1) is 12.5 Å².